The molecule has 122 valence electrons. The van der Waals surface area contributed by atoms with Crippen molar-refractivity contribution < 1.29 is 18.0 Å². The number of aromatic nitrogens is 1. The van der Waals surface area contributed by atoms with Gasteiger partial charge in [0.25, 0.3) is 5.91 Å². The zero-order valence-corrected chi connectivity index (χ0v) is 12.8. The topological polar surface area (TPSA) is 62.6 Å². The van der Waals surface area contributed by atoms with Crippen LogP contribution in [0.2, 0.25) is 0 Å². The van der Waals surface area contributed by atoms with Crippen LogP contribution < -0.4 is 4.90 Å². The molecule has 1 amide bonds. The van der Waals surface area contributed by atoms with Gasteiger partial charge in [-0.2, -0.15) is 13.2 Å². The van der Waals surface area contributed by atoms with E-state index in [1.54, 1.807) is 12.1 Å². The number of hydrogen-bond donors (Lipinski definition) is 0. The van der Waals surface area contributed by atoms with Gasteiger partial charge in [-0.25, -0.2) is 4.98 Å². The van der Waals surface area contributed by atoms with Crippen molar-refractivity contribution >= 4 is 27.4 Å². The van der Waals surface area contributed by atoms with Crippen molar-refractivity contribution in [3.63, 3.8) is 0 Å². The van der Waals surface area contributed by atoms with Crippen LogP contribution in [0.25, 0.3) is 0 Å². The summed E-state index contributed by atoms with van der Waals surface area (Å²) in [7, 11) is 1.44. The van der Waals surface area contributed by atoms with Crippen LogP contribution in [0.5, 0.6) is 0 Å². The Hall–Kier alpha value is -2.29. The fourth-order valence-electron chi connectivity index (χ4n) is 1.94. The van der Waals surface area contributed by atoms with Gasteiger partial charge in [0.1, 0.15) is 0 Å². The van der Waals surface area contributed by atoms with E-state index in [9.17, 15) is 22.9 Å². The number of benzene rings is 1. The summed E-state index contributed by atoms with van der Waals surface area (Å²) in [6, 6.07) is 6.13. The maximum absolute atomic E-state index is 12.5. The van der Waals surface area contributed by atoms with E-state index in [2.05, 4.69) is 10.2 Å². The summed E-state index contributed by atoms with van der Waals surface area (Å²) >= 11 is 0.922. The molecule has 2 rings (SSSR count). The zero-order chi connectivity index (χ0) is 17.0. The number of carbonyl (C=O) groups is 1. The van der Waals surface area contributed by atoms with Crippen molar-refractivity contribution in [3.8, 4) is 0 Å². The Balaban J connectivity index is 2.23. The summed E-state index contributed by atoms with van der Waals surface area (Å²) in [6.45, 7) is 0. The first-order chi connectivity index (χ1) is 10.8. The van der Waals surface area contributed by atoms with Crippen LogP contribution in [0.4, 0.5) is 23.3 Å². The molecule has 23 heavy (non-hydrogen) atoms. The second-order valence-electron chi connectivity index (χ2n) is 4.71. The number of anilines is 1. The number of nitroso groups, excluding NO2 is 1. The number of carbonyl (C=O) groups excluding carboxylic acids is 1. The molecule has 1 aromatic heterocycles. The molecule has 5 nitrogen and oxygen atoms in total. The first kappa shape index (κ1) is 17.1. The predicted molar refractivity (Wildman–Crippen MR) is 81.1 cm³/mol. The van der Waals surface area contributed by atoms with Crippen molar-refractivity contribution in [2.45, 2.75) is 19.0 Å². The van der Waals surface area contributed by atoms with Crippen molar-refractivity contribution in [1.82, 2.24) is 4.98 Å². The number of hydrogen-bond acceptors (Lipinski definition) is 5. The summed E-state index contributed by atoms with van der Waals surface area (Å²) in [5.74, 6) is -0.491. The van der Waals surface area contributed by atoms with Gasteiger partial charge in [-0.15, -0.1) is 4.91 Å². The molecule has 0 saturated carbocycles. The summed E-state index contributed by atoms with van der Waals surface area (Å²) in [6.07, 6.45) is -4.34. The average molecular weight is 343 g/mol. The van der Waals surface area contributed by atoms with E-state index in [0.717, 1.165) is 11.3 Å². The number of amides is 1. The van der Waals surface area contributed by atoms with E-state index >= 15 is 0 Å². The number of thiazole rings is 1. The first-order valence-electron chi connectivity index (χ1n) is 6.53. The highest BCUT2D eigenvalue weighted by Gasteiger charge is 2.28. The zero-order valence-electron chi connectivity index (χ0n) is 12.0. The number of rotatable bonds is 5. The van der Waals surface area contributed by atoms with E-state index in [1.165, 1.54) is 30.3 Å². The van der Waals surface area contributed by atoms with Gasteiger partial charge in [-0.3, -0.25) is 9.69 Å². The van der Waals surface area contributed by atoms with Crippen LogP contribution in [0.15, 0.2) is 35.6 Å². The summed E-state index contributed by atoms with van der Waals surface area (Å²) < 4.78 is 37.2. The fourth-order valence-corrected chi connectivity index (χ4v) is 2.60. The highest BCUT2D eigenvalue weighted by atomic mass is 32.1. The quantitative estimate of drug-likeness (QED) is 0.760. The third-order valence-corrected chi connectivity index (χ3v) is 4.04. The van der Waals surface area contributed by atoms with Gasteiger partial charge < -0.3 is 0 Å². The van der Waals surface area contributed by atoms with E-state index in [1.807, 2.05) is 0 Å². The lowest BCUT2D eigenvalue weighted by Crippen LogP contribution is -2.27. The summed E-state index contributed by atoms with van der Waals surface area (Å²) in [5.41, 5.74) is 0.488. The molecule has 0 radical (unpaired) electrons. The minimum atomic E-state index is -4.29. The maximum atomic E-state index is 12.5. The minimum absolute atomic E-state index is 0.116. The smallest absolute Gasteiger partial charge is 0.287 e. The molecule has 0 aliphatic carbocycles. The molecule has 0 saturated heterocycles. The Morgan fingerprint density at radius 3 is 2.65 bits per heavy atom. The number of aryl methyl sites for hydroxylation is 1. The summed E-state index contributed by atoms with van der Waals surface area (Å²) in [5, 5.41) is 3.08. The van der Waals surface area contributed by atoms with Crippen molar-refractivity contribution in [1.29, 1.82) is 0 Å². The van der Waals surface area contributed by atoms with E-state index in [-0.39, 0.29) is 22.1 Å². The fraction of sp³-hybridized carbons (Fsp3) is 0.286. The van der Waals surface area contributed by atoms with Gasteiger partial charge in [0.15, 0.2) is 10.1 Å². The Morgan fingerprint density at radius 2 is 2.04 bits per heavy atom. The maximum Gasteiger partial charge on any atom is 0.389 e. The molecule has 0 fully saturated rings. The van der Waals surface area contributed by atoms with Gasteiger partial charge in [0, 0.05) is 19.0 Å². The minimum Gasteiger partial charge on any atom is -0.287 e. The van der Waals surface area contributed by atoms with Crippen LogP contribution in [-0.4, -0.2) is 24.1 Å². The van der Waals surface area contributed by atoms with Gasteiger partial charge in [-0.1, -0.05) is 29.5 Å². The Labute approximate surface area is 133 Å². The molecule has 1 heterocycles. The molecule has 0 unspecified atom stereocenters. The number of nitrogens with zero attached hydrogens (tertiary/aromatic N) is 3. The van der Waals surface area contributed by atoms with Gasteiger partial charge in [-0.05, 0) is 23.2 Å². The average Bonchev–Trinajstić information content (AvgIpc) is 3.00. The molecule has 0 N–H and O–H groups in total. The van der Waals surface area contributed by atoms with E-state index < -0.39 is 18.5 Å². The van der Waals surface area contributed by atoms with E-state index in [0.29, 0.717) is 5.56 Å². The third-order valence-electron chi connectivity index (χ3n) is 3.09. The lowest BCUT2D eigenvalue weighted by molar-refractivity contribution is -0.134. The van der Waals surface area contributed by atoms with Crippen molar-refractivity contribution in [2.75, 3.05) is 11.9 Å². The van der Waals surface area contributed by atoms with Gasteiger partial charge >= 0.3 is 6.18 Å². The monoisotopic (exact) mass is 343 g/mol. The standard InChI is InChI=1S/C14H12F3N3O2S/c1-20(13-18-8-11(19-22)23-13)12(21)10-5-3-2-4-9(10)6-7-14(15,16)17/h2-5,8H,6-7H2,1H3. The number of alkyl halides is 3. The van der Waals surface area contributed by atoms with Crippen molar-refractivity contribution in [2.24, 2.45) is 5.18 Å². The molecule has 2 aromatic rings. The molecular weight excluding hydrogens is 331 g/mol. The number of halogens is 3. The van der Waals surface area contributed by atoms with Crippen LogP contribution in [0.3, 0.4) is 0 Å². The Bertz CT molecular complexity index is 715. The molecule has 0 aliphatic rings. The lowest BCUT2D eigenvalue weighted by atomic mass is 10.0. The molecule has 1 aromatic carbocycles. The normalized spacial score (nSPS) is 11.3. The second kappa shape index (κ2) is 6.86. The molecule has 0 atom stereocenters. The van der Waals surface area contributed by atoms with E-state index in [4.69, 9.17) is 0 Å². The predicted octanol–water partition coefficient (Wildman–Crippen LogP) is 4.31. The molecule has 0 spiro atoms. The molecule has 0 aliphatic heterocycles. The SMILES string of the molecule is CN(C(=O)c1ccccc1CCC(F)(F)F)c1ncc(N=O)s1. The Morgan fingerprint density at radius 1 is 1.35 bits per heavy atom. The van der Waals surface area contributed by atoms with Crippen LogP contribution in [-0.2, 0) is 6.42 Å². The lowest BCUT2D eigenvalue weighted by Gasteiger charge is -2.16. The largest absolute Gasteiger partial charge is 0.389 e. The Kier molecular flexibility index (Phi) is 5.09. The third kappa shape index (κ3) is 4.35. The summed E-state index contributed by atoms with van der Waals surface area (Å²) in [4.78, 5) is 28.0. The van der Waals surface area contributed by atoms with Gasteiger partial charge in [0.2, 0.25) is 0 Å². The first-order valence-corrected chi connectivity index (χ1v) is 7.35. The van der Waals surface area contributed by atoms with Crippen LogP contribution in [0, 0.1) is 4.91 Å². The van der Waals surface area contributed by atoms with Crippen molar-refractivity contribution in [3.05, 3.63) is 46.5 Å². The van der Waals surface area contributed by atoms with Crippen LogP contribution in [0.1, 0.15) is 22.3 Å². The molecular formula is C14H12F3N3O2S. The highest BCUT2D eigenvalue weighted by molar-refractivity contribution is 7.19. The van der Waals surface area contributed by atoms with Gasteiger partial charge in [0.05, 0.1) is 6.20 Å². The highest BCUT2D eigenvalue weighted by Crippen LogP contribution is 2.29. The van der Waals surface area contributed by atoms with Crippen LogP contribution >= 0.6 is 11.3 Å². The second-order valence-corrected chi connectivity index (χ2v) is 5.70. The molecule has 0 bridgehead atoms. The molecule has 9 heteroatoms.